The molecule has 0 bridgehead atoms. The Kier molecular flexibility index (Phi) is 5.66. The molecule has 110 valence electrons. The molecule has 0 atom stereocenters. The van der Waals surface area contributed by atoms with Crippen LogP contribution in [0, 0.1) is 0 Å². The summed E-state index contributed by atoms with van der Waals surface area (Å²) >= 11 is 0. The molecular weight excluding hydrogens is 270 g/mol. The maximum absolute atomic E-state index is 11.8. The van der Waals surface area contributed by atoms with Crippen molar-refractivity contribution in [3.05, 3.63) is 54.0 Å². The summed E-state index contributed by atoms with van der Waals surface area (Å²) in [5, 5.41) is 2.78. The summed E-state index contributed by atoms with van der Waals surface area (Å²) in [4.78, 5) is 20.0. The molecule has 2 rings (SSSR count). The van der Waals surface area contributed by atoms with Gasteiger partial charge in [-0.25, -0.2) is 4.98 Å². The fraction of sp³-hybridized carbons (Fsp3) is 0.267. The molecule has 0 unspecified atom stereocenters. The van der Waals surface area contributed by atoms with Crippen molar-refractivity contribution in [3.8, 4) is 5.88 Å². The highest BCUT2D eigenvalue weighted by molar-refractivity contribution is 5.92. The molecule has 1 amide bonds. The van der Waals surface area contributed by atoms with Gasteiger partial charge in [0.2, 0.25) is 5.88 Å². The van der Waals surface area contributed by atoms with Crippen LogP contribution in [0.5, 0.6) is 5.88 Å². The first-order valence-electron chi connectivity index (χ1n) is 6.55. The van der Waals surface area contributed by atoms with E-state index in [1.165, 1.54) is 0 Å². The van der Waals surface area contributed by atoms with Gasteiger partial charge in [0.15, 0.2) is 0 Å². The number of carbonyl (C=O) groups excluding carboxylic acids is 1. The van der Waals surface area contributed by atoms with E-state index in [9.17, 15) is 4.79 Å². The highest BCUT2D eigenvalue weighted by Gasteiger charge is 2.05. The quantitative estimate of drug-likeness (QED) is 0.780. The van der Waals surface area contributed by atoms with E-state index in [2.05, 4.69) is 15.3 Å². The summed E-state index contributed by atoms with van der Waals surface area (Å²) in [7, 11) is 1.62. The number of amides is 1. The third-order valence-electron chi connectivity index (χ3n) is 2.69. The molecule has 0 aliphatic carbocycles. The van der Waals surface area contributed by atoms with E-state index in [1.807, 2.05) is 6.07 Å². The maximum Gasteiger partial charge on any atom is 0.270 e. The average Bonchev–Trinajstić information content (AvgIpc) is 2.55. The Morgan fingerprint density at radius 2 is 2.10 bits per heavy atom. The molecule has 0 fully saturated rings. The molecule has 0 spiro atoms. The Bertz CT molecular complexity index is 558. The van der Waals surface area contributed by atoms with Crippen molar-refractivity contribution in [1.29, 1.82) is 0 Å². The first-order valence-corrected chi connectivity index (χ1v) is 6.55. The van der Waals surface area contributed by atoms with Crippen LogP contribution >= 0.6 is 0 Å². The summed E-state index contributed by atoms with van der Waals surface area (Å²) in [6.45, 7) is 1.36. The van der Waals surface area contributed by atoms with Gasteiger partial charge in [0, 0.05) is 32.1 Å². The normalized spacial score (nSPS) is 10.1. The summed E-state index contributed by atoms with van der Waals surface area (Å²) in [5.74, 6) is 0.322. The Morgan fingerprint density at radius 3 is 2.76 bits per heavy atom. The number of ether oxygens (including phenoxy) is 2. The largest absolute Gasteiger partial charge is 0.475 e. The van der Waals surface area contributed by atoms with Crippen molar-refractivity contribution in [2.24, 2.45) is 0 Å². The van der Waals surface area contributed by atoms with Crippen LogP contribution in [0.1, 0.15) is 16.1 Å². The topological polar surface area (TPSA) is 73.3 Å². The molecule has 0 saturated carbocycles. The van der Waals surface area contributed by atoms with E-state index >= 15 is 0 Å². The van der Waals surface area contributed by atoms with Gasteiger partial charge in [-0.1, -0.05) is 12.1 Å². The molecule has 2 heterocycles. The van der Waals surface area contributed by atoms with E-state index in [0.717, 1.165) is 5.56 Å². The monoisotopic (exact) mass is 287 g/mol. The minimum Gasteiger partial charge on any atom is -0.475 e. The molecule has 1 N–H and O–H groups in total. The third kappa shape index (κ3) is 4.85. The average molecular weight is 287 g/mol. The Morgan fingerprint density at radius 1 is 1.19 bits per heavy atom. The van der Waals surface area contributed by atoms with Crippen LogP contribution in [0.15, 0.2) is 42.7 Å². The van der Waals surface area contributed by atoms with Crippen LogP contribution in [-0.2, 0) is 11.3 Å². The summed E-state index contributed by atoms with van der Waals surface area (Å²) < 4.78 is 10.3. The number of methoxy groups -OCH3 is 1. The molecule has 0 aliphatic rings. The lowest BCUT2D eigenvalue weighted by molar-refractivity contribution is 0.0946. The molecule has 21 heavy (non-hydrogen) atoms. The van der Waals surface area contributed by atoms with Crippen molar-refractivity contribution >= 4 is 5.91 Å². The Labute approximate surface area is 123 Å². The van der Waals surface area contributed by atoms with E-state index in [-0.39, 0.29) is 5.91 Å². The zero-order valence-electron chi connectivity index (χ0n) is 11.8. The third-order valence-corrected chi connectivity index (χ3v) is 2.69. The number of pyridine rings is 2. The zero-order chi connectivity index (χ0) is 14.9. The van der Waals surface area contributed by atoms with Crippen molar-refractivity contribution < 1.29 is 14.3 Å². The van der Waals surface area contributed by atoms with Crippen LogP contribution in [0.2, 0.25) is 0 Å². The number of nitrogens with zero attached hydrogens (tertiary/aromatic N) is 2. The van der Waals surface area contributed by atoms with Gasteiger partial charge in [0.1, 0.15) is 12.3 Å². The van der Waals surface area contributed by atoms with Gasteiger partial charge in [-0.05, 0) is 17.7 Å². The predicted molar refractivity (Wildman–Crippen MR) is 77.0 cm³/mol. The molecule has 2 aromatic rings. The fourth-order valence-electron chi connectivity index (χ4n) is 1.60. The van der Waals surface area contributed by atoms with Crippen LogP contribution in [-0.4, -0.2) is 36.2 Å². The molecular formula is C15H17N3O3. The summed E-state index contributed by atoms with van der Waals surface area (Å²) in [6.07, 6.45) is 3.25. The van der Waals surface area contributed by atoms with Crippen molar-refractivity contribution in [3.63, 3.8) is 0 Å². The number of hydrogen-bond donors (Lipinski definition) is 1. The number of nitrogens with one attached hydrogen (secondary N) is 1. The molecule has 0 saturated heterocycles. The molecule has 0 radical (unpaired) electrons. The van der Waals surface area contributed by atoms with Gasteiger partial charge < -0.3 is 14.8 Å². The van der Waals surface area contributed by atoms with Crippen molar-refractivity contribution in [1.82, 2.24) is 15.3 Å². The van der Waals surface area contributed by atoms with E-state index in [1.54, 1.807) is 43.8 Å². The minimum atomic E-state index is -0.212. The minimum absolute atomic E-state index is 0.212. The SMILES string of the molecule is COCCOc1ccc(CNC(=O)c2ccccn2)cn1. The second kappa shape index (κ2) is 7.96. The molecule has 6 nitrogen and oxygen atoms in total. The first-order chi connectivity index (χ1) is 10.3. The number of aromatic nitrogens is 2. The number of rotatable bonds is 7. The standard InChI is InChI=1S/C15H17N3O3/c1-20-8-9-21-14-6-5-12(10-17-14)11-18-15(19)13-4-2-3-7-16-13/h2-7,10H,8-9,11H2,1H3,(H,18,19). The molecule has 0 aromatic carbocycles. The highest BCUT2D eigenvalue weighted by Crippen LogP contribution is 2.07. The first kappa shape index (κ1) is 14.9. The number of hydrogen-bond acceptors (Lipinski definition) is 5. The zero-order valence-corrected chi connectivity index (χ0v) is 11.8. The molecule has 0 aliphatic heterocycles. The van der Waals surface area contributed by atoms with E-state index < -0.39 is 0 Å². The van der Waals surface area contributed by atoms with Gasteiger partial charge in [0.25, 0.3) is 5.91 Å². The van der Waals surface area contributed by atoms with Crippen LogP contribution in [0.25, 0.3) is 0 Å². The predicted octanol–water partition coefficient (Wildman–Crippen LogP) is 1.43. The summed E-state index contributed by atoms with van der Waals surface area (Å²) in [5.41, 5.74) is 1.28. The van der Waals surface area contributed by atoms with Crippen molar-refractivity contribution in [2.75, 3.05) is 20.3 Å². The lowest BCUT2D eigenvalue weighted by Gasteiger charge is -2.07. The summed E-state index contributed by atoms with van der Waals surface area (Å²) in [6, 6.07) is 8.82. The smallest absolute Gasteiger partial charge is 0.270 e. The van der Waals surface area contributed by atoms with Crippen molar-refractivity contribution in [2.45, 2.75) is 6.54 Å². The Hall–Kier alpha value is -2.47. The van der Waals surface area contributed by atoms with Crippen LogP contribution < -0.4 is 10.1 Å². The van der Waals surface area contributed by atoms with Gasteiger partial charge in [-0.3, -0.25) is 9.78 Å². The van der Waals surface area contributed by atoms with E-state index in [4.69, 9.17) is 9.47 Å². The second-order valence-electron chi connectivity index (χ2n) is 4.24. The lowest BCUT2D eigenvalue weighted by atomic mass is 10.2. The van der Waals surface area contributed by atoms with Gasteiger partial charge in [-0.15, -0.1) is 0 Å². The van der Waals surface area contributed by atoms with Crippen LogP contribution in [0.3, 0.4) is 0 Å². The number of carbonyl (C=O) groups is 1. The molecule has 2 aromatic heterocycles. The highest BCUT2D eigenvalue weighted by atomic mass is 16.5. The van der Waals surface area contributed by atoms with Gasteiger partial charge >= 0.3 is 0 Å². The van der Waals surface area contributed by atoms with E-state index in [0.29, 0.717) is 31.3 Å². The lowest BCUT2D eigenvalue weighted by Crippen LogP contribution is -2.23. The van der Waals surface area contributed by atoms with Crippen LogP contribution in [0.4, 0.5) is 0 Å². The molecule has 6 heteroatoms. The van der Waals surface area contributed by atoms with Gasteiger partial charge in [-0.2, -0.15) is 0 Å². The fourth-order valence-corrected chi connectivity index (χ4v) is 1.60. The second-order valence-corrected chi connectivity index (χ2v) is 4.24. The Balaban J connectivity index is 1.82. The maximum atomic E-state index is 11.8. The van der Waals surface area contributed by atoms with Gasteiger partial charge in [0.05, 0.1) is 6.61 Å².